The number of hydrogen-bond donors (Lipinski definition) is 0. The third-order valence-corrected chi connectivity index (χ3v) is 5.41. The first-order valence-electron chi connectivity index (χ1n) is 7.63. The van der Waals surface area contributed by atoms with E-state index < -0.39 is 0 Å². The van der Waals surface area contributed by atoms with Gasteiger partial charge in [-0.1, -0.05) is 17.3 Å². The third-order valence-electron chi connectivity index (χ3n) is 4.23. The predicted octanol–water partition coefficient (Wildman–Crippen LogP) is 2.65. The zero-order chi connectivity index (χ0) is 15.8. The van der Waals surface area contributed by atoms with Gasteiger partial charge < -0.3 is 0 Å². The van der Waals surface area contributed by atoms with Gasteiger partial charge in [0.25, 0.3) is 5.56 Å². The van der Waals surface area contributed by atoms with Crippen LogP contribution in [-0.4, -0.2) is 15.0 Å². The van der Waals surface area contributed by atoms with Crippen molar-refractivity contribution >= 4 is 21.6 Å². The molecule has 0 saturated carbocycles. The Morgan fingerprint density at radius 1 is 1.30 bits per heavy atom. The van der Waals surface area contributed by atoms with E-state index in [0.29, 0.717) is 12.1 Å². The molecule has 23 heavy (non-hydrogen) atoms. The second kappa shape index (κ2) is 5.60. The number of nitriles is 1. The van der Waals surface area contributed by atoms with E-state index in [1.165, 1.54) is 21.5 Å². The van der Waals surface area contributed by atoms with Crippen molar-refractivity contribution in [3.63, 3.8) is 0 Å². The Kier molecular flexibility index (Phi) is 3.43. The van der Waals surface area contributed by atoms with E-state index in [1.54, 1.807) is 23.5 Å². The van der Waals surface area contributed by atoms with Gasteiger partial charge in [0, 0.05) is 4.88 Å². The number of fused-ring (bicyclic) bond motifs is 3. The van der Waals surface area contributed by atoms with Crippen LogP contribution in [0.1, 0.15) is 34.4 Å². The molecule has 1 aromatic carbocycles. The smallest absolute Gasteiger partial charge is 0.267 e. The van der Waals surface area contributed by atoms with Crippen LogP contribution in [0.15, 0.2) is 29.1 Å². The largest absolute Gasteiger partial charge is 0.279 e. The molecule has 0 spiro atoms. The molecule has 0 radical (unpaired) electrons. The van der Waals surface area contributed by atoms with Crippen LogP contribution in [0.25, 0.3) is 10.2 Å². The standard InChI is InChI=1S/C17H14N4OS/c18-9-11-4-3-5-12(8-11)10-21-17(22)15-13-6-1-2-7-14(13)23-16(15)19-20-21/h3-5,8H,1-2,6-7,10H2. The molecular formula is C17H14N4OS. The van der Waals surface area contributed by atoms with Crippen LogP contribution >= 0.6 is 11.3 Å². The molecule has 0 saturated heterocycles. The van der Waals surface area contributed by atoms with Crippen molar-refractivity contribution in [2.24, 2.45) is 0 Å². The Labute approximate surface area is 136 Å². The minimum atomic E-state index is -0.0724. The highest BCUT2D eigenvalue weighted by Crippen LogP contribution is 2.33. The quantitative estimate of drug-likeness (QED) is 0.727. The first-order valence-corrected chi connectivity index (χ1v) is 8.45. The van der Waals surface area contributed by atoms with E-state index in [1.807, 2.05) is 12.1 Å². The summed E-state index contributed by atoms with van der Waals surface area (Å²) in [7, 11) is 0. The molecule has 1 aliphatic carbocycles. The molecule has 0 amide bonds. The van der Waals surface area contributed by atoms with E-state index in [9.17, 15) is 4.79 Å². The number of hydrogen-bond acceptors (Lipinski definition) is 5. The van der Waals surface area contributed by atoms with Crippen molar-refractivity contribution in [3.05, 3.63) is 56.2 Å². The van der Waals surface area contributed by atoms with Gasteiger partial charge in [-0.15, -0.1) is 16.4 Å². The lowest BCUT2D eigenvalue weighted by molar-refractivity contribution is 0.600. The number of nitrogens with zero attached hydrogens (tertiary/aromatic N) is 4. The molecule has 114 valence electrons. The zero-order valence-corrected chi connectivity index (χ0v) is 13.3. The van der Waals surface area contributed by atoms with Gasteiger partial charge in [0.05, 0.1) is 23.6 Å². The molecule has 3 aromatic rings. The maximum atomic E-state index is 12.8. The topological polar surface area (TPSA) is 71.6 Å². The van der Waals surface area contributed by atoms with E-state index >= 15 is 0 Å². The third kappa shape index (κ3) is 2.43. The van der Waals surface area contributed by atoms with Gasteiger partial charge in [0.1, 0.15) is 0 Å². The Morgan fingerprint density at radius 2 is 2.17 bits per heavy atom. The molecule has 0 atom stereocenters. The van der Waals surface area contributed by atoms with Gasteiger partial charge in [-0.3, -0.25) is 4.79 Å². The first-order chi connectivity index (χ1) is 11.3. The Balaban J connectivity index is 1.80. The minimum absolute atomic E-state index is 0.0724. The van der Waals surface area contributed by atoms with E-state index in [2.05, 4.69) is 16.4 Å². The van der Waals surface area contributed by atoms with Crippen molar-refractivity contribution in [1.82, 2.24) is 15.0 Å². The normalized spacial score (nSPS) is 13.7. The lowest BCUT2D eigenvalue weighted by Gasteiger charge is -2.10. The molecule has 0 unspecified atom stereocenters. The second-order valence-corrected chi connectivity index (χ2v) is 6.84. The maximum Gasteiger partial charge on any atom is 0.279 e. The molecule has 2 heterocycles. The zero-order valence-electron chi connectivity index (χ0n) is 12.5. The van der Waals surface area contributed by atoms with Crippen LogP contribution in [0.2, 0.25) is 0 Å². The Morgan fingerprint density at radius 3 is 3.04 bits per heavy atom. The molecule has 0 aliphatic heterocycles. The van der Waals surface area contributed by atoms with Crippen molar-refractivity contribution in [1.29, 1.82) is 5.26 Å². The predicted molar refractivity (Wildman–Crippen MR) is 88.6 cm³/mol. The van der Waals surface area contributed by atoms with Crippen LogP contribution in [0.3, 0.4) is 0 Å². The highest BCUT2D eigenvalue weighted by Gasteiger charge is 2.20. The number of thiophene rings is 1. The summed E-state index contributed by atoms with van der Waals surface area (Å²) >= 11 is 1.60. The molecular weight excluding hydrogens is 308 g/mol. The number of aryl methyl sites for hydroxylation is 2. The fourth-order valence-corrected chi connectivity index (χ4v) is 4.32. The van der Waals surface area contributed by atoms with Gasteiger partial charge in [0.15, 0.2) is 4.83 Å². The minimum Gasteiger partial charge on any atom is -0.267 e. The van der Waals surface area contributed by atoms with Gasteiger partial charge in [0.2, 0.25) is 0 Å². The van der Waals surface area contributed by atoms with Crippen molar-refractivity contribution < 1.29 is 0 Å². The molecule has 0 fully saturated rings. The van der Waals surface area contributed by atoms with E-state index in [0.717, 1.165) is 35.0 Å². The fraction of sp³-hybridized carbons (Fsp3) is 0.294. The summed E-state index contributed by atoms with van der Waals surface area (Å²) in [5.74, 6) is 0. The van der Waals surface area contributed by atoms with E-state index in [-0.39, 0.29) is 5.56 Å². The summed E-state index contributed by atoms with van der Waals surface area (Å²) in [4.78, 5) is 14.9. The van der Waals surface area contributed by atoms with Gasteiger partial charge in [-0.25, -0.2) is 4.68 Å². The number of benzene rings is 1. The summed E-state index contributed by atoms with van der Waals surface area (Å²) in [5, 5.41) is 18.1. The molecule has 5 nitrogen and oxygen atoms in total. The van der Waals surface area contributed by atoms with Crippen molar-refractivity contribution in [2.75, 3.05) is 0 Å². The highest BCUT2D eigenvalue weighted by molar-refractivity contribution is 7.18. The van der Waals surface area contributed by atoms with Gasteiger partial charge in [-0.2, -0.15) is 5.26 Å². The monoisotopic (exact) mass is 322 g/mol. The average molecular weight is 322 g/mol. The van der Waals surface area contributed by atoms with Crippen molar-refractivity contribution in [2.45, 2.75) is 32.2 Å². The van der Waals surface area contributed by atoms with Crippen LogP contribution in [0.5, 0.6) is 0 Å². The molecule has 0 bridgehead atoms. The average Bonchev–Trinajstić information content (AvgIpc) is 2.97. The molecule has 1 aliphatic rings. The molecule has 2 aromatic heterocycles. The lowest BCUT2D eigenvalue weighted by Crippen LogP contribution is -2.25. The van der Waals surface area contributed by atoms with Crippen molar-refractivity contribution in [3.8, 4) is 6.07 Å². The second-order valence-electron chi connectivity index (χ2n) is 5.76. The Bertz CT molecular complexity index is 996. The highest BCUT2D eigenvalue weighted by atomic mass is 32.1. The molecule has 0 N–H and O–H groups in total. The molecule has 4 rings (SSSR count). The van der Waals surface area contributed by atoms with E-state index in [4.69, 9.17) is 5.26 Å². The molecule has 6 heteroatoms. The Hall–Kier alpha value is -2.52. The fourth-order valence-electron chi connectivity index (χ4n) is 3.12. The van der Waals surface area contributed by atoms with Crippen LogP contribution < -0.4 is 5.56 Å². The van der Waals surface area contributed by atoms with Crippen LogP contribution in [0.4, 0.5) is 0 Å². The summed E-state index contributed by atoms with van der Waals surface area (Å²) in [6, 6.07) is 9.35. The summed E-state index contributed by atoms with van der Waals surface area (Å²) in [5.41, 5.74) is 2.56. The van der Waals surface area contributed by atoms with Crippen LogP contribution in [0, 0.1) is 11.3 Å². The number of rotatable bonds is 2. The summed E-state index contributed by atoms with van der Waals surface area (Å²) < 4.78 is 1.40. The first kappa shape index (κ1) is 14.1. The van der Waals surface area contributed by atoms with Gasteiger partial charge >= 0.3 is 0 Å². The lowest BCUT2D eigenvalue weighted by atomic mass is 9.97. The maximum absolute atomic E-state index is 12.8. The van der Waals surface area contributed by atoms with Crippen LogP contribution in [-0.2, 0) is 19.4 Å². The SMILES string of the molecule is N#Cc1cccc(Cn2nnc3sc4c(c3c2=O)CCCC4)c1. The van der Waals surface area contributed by atoms with Gasteiger partial charge in [-0.05, 0) is 48.9 Å². The summed E-state index contributed by atoms with van der Waals surface area (Å²) in [6.45, 7) is 0.335. The number of aromatic nitrogens is 3. The summed E-state index contributed by atoms with van der Waals surface area (Å²) in [6.07, 6.45) is 4.31.